The lowest BCUT2D eigenvalue weighted by molar-refractivity contribution is 1.06. The summed E-state index contributed by atoms with van der Waals surface area (Å²) in [5.41, 5.74) is 10.0. The third-order valence-electron chi connectivity index (χ3n) is 5.98. The van der Waals surface area contributed by atoms with E-state index >= 15 is 0 Å². The monoisotopic (exact) mass is 478 g/mol. The number of anilines is 1. The smallest absolute Gasteiger partial charge is 0.133 e. The second-order valence-corrected chi connectivity index (χ2v) is 8.92. The highest BCUT2D eigenvalue weighted by molar-refractivity contribution is 5.76. The molecule has 1 N–H and O–H groups in total. The number of aromatic nitrogens is 2. The fourth-order valence-electron chi connectivity index (χ4n) is 4.04. The minimum Gasteiger partial charge on any atom is -0.366 e. The minimum atomic E-state index is 0.689. The van der Waals surface area contributed by atoms with Crippen LogP contribution in [0.15, 0.2) is 83.7 Å². The number of aliphatic imine (C=N–C) groups is 1. The summed E-state index contributed by atoms with van der Waals surface area (Å²) in [5, 5.41) is 3.50. The molecule has 0 aliphatic carbocycles. The maximum absolute atomic E-state index is 4.60. The molecule has 0 spiro atoms. The molecule has 3 rings (SSSR count). The molecule has 0 bridgehead atoms. The van der Waals surface area contributed by atoms with Gasteiger partial charge < -0.3 is 5.32 Å². The van der Waals surface area contributed by atoms with Gasteiger partial charge in [-0.05, 0) is 68.9 Å². The molecule has 4 heteroatoms. The van der Waals surface area contributed by atoms with E-state index in [1.165, 1.54) is 22.3 Å². The number of aryl methyl sites for hydroxylation is 1. The largest absolute Gasteiger partial charge is 0.366 e. The van der Waals surface area contributed by atoms with Gasteiger partial charge in [0.25, 0.3) is 0 Å². The molecule has 2 aromatic carbocycles. The number of hydrogen-bond donors (Lipinski definition) is 1. The molecule has 0 radical (unpaired) electrons. The summed E-state index contributed by atoms with van der Waals surface area (Å²) in [4.78, 5) is 13.7. The Morgan fingerprint density at radius 1 is 1.00 bits per heavy atom. The average molecular weight is 479 g/mol. The first-order valence-electron chi connectivity index (χ1n) is 12.8. The molecule has 0 aliphatic rings. The van der Waals surface area contributed by atoms with Gasteiger partial charge in [0.15, 0.2) is 0 Å². The van der Waals surface area contributed by atoms with Gasteiger partial charge in [-0.25, -0.2) is 9.97 Å². The van der Waals surface area contributed by atoms with Crippen molar-refractivity contribution in [1.82, 2.24) is 9.97 Å². The third-order valence-corrected chi connectivity index (χ3v) is 5.98. The van der Waals surface area contributed by atoms with E-state index in [1.807, 2.05) is 6.21 Å². The summed E-state index contributed by atoms with van der Waals surface area (Å²) >= 11 is 0. The van der Waals surface area contributed by atoms with Gasteiger partial charge in [-0.3, -0.25) is 4.99 Å². The van der Waals surface area contributed by atoms with Crippen molar-refractivity contribution in [2.45, 2.75) is 60.9 Å². The lowest BCUT2D eigenvalue weighted by atomic mass is 10.0. The Morgan fingerprint density at radius 3 is 2.47 bits per heavy atom. The van der Waals surface area contributed by atoms with Crippen LogP contribution in [0.4, 0.5) is 11.5 Å². The van der Waals surface area contributed by atoms with Crippen molar-refractivity contribution in [3.05, 3.63) is 101 Å². The first kappa shape index (κ1) is 26.8. The first-order valence-corrected chi connectivity index (χ1v) is 12.8. The van der Waals surface area contributed by atoms with Crippen LogP contribution in [0.1, 0.15) is 62.8 Å². The Hall–Kier alpha value is -3.79. The fourth-order valence-corrected chi connectivity index (χ4v) is 4.04. The van der Waals surface area contributed by atoms with Gasteiger partial charge in [-0.1, -0.05) is 80.1 Å². The van der Waals surface area contributed by atoms with Crippen LogP contribution in [0.3, 0.4) is 0 Å². The van der Waals surface area contributed by atoms with Gasteiger partial charge in [-0.2, -0.15) is 0 Å². The van der Waals surface area contributed by atoms with Crippen LogP contribution >= 0.6 is 0 Å². The molecule has 3 aromatic rings. The Labute approximate surface area is 216 Å². The van der Waals surface area contributed by atoms with Crippen LogP contribution in [0.5, 0.6) is 0 Å². The summed E-state index contributed by atoms with van der Waals surface area (Å²) in [6.07, 6.45) is 14.3. The van der Waals surface area contributed by atoms with E-state index in [0.29, 0.717) is 6.54 Å². The van der Waals surface area contributed by atoms with Gasteiger partial charge in [-0.15, -0.1) is 0 Å². The van der Waals surface area contributed by atoms with Crippen molar-refractivity contribution in [3.8, 4) is 11.3 Å². The highest BCUT2D eigenvalue weighted by Crippen LogP contribution is 2.30. The van der Waals surface area contributed by atoms with Crippen molar-refractivity contribution in [2.75, 3.05) is 5.32 Å². The van der Waals surface area contributed by atoms with Crippen LogP contribution < -0.4 is 5.32 Å². The number of nitrogens with one attached hydrogen (secondary N) is 1. The first-order chi connectivity index (χ1) is 17.5. The predicted molar refractivity (Wildman–Crippen MR) is 156 cm³/mol. The van der Waals surface area contributed by atoms with Crippen molar-refractivity contribution in [3.63, 3.8) is 0 Å². The quantitative estimate of drug-likeness (QED) is 0.234. The number of hydrogen-bond acceptors (Lipinski definition) is 4. The van der Waals surface area contributed by atoms with E-state index in [4.69, 9.17) is 0 Å². The average Bonchev–Trinajstić information content (AvgIpc) is 2.88. The van der Waals surface area contributed by atoms with E-state index in [1.54, 1.807) is 6.33 Å². The van der Waals surface area contributed by atoms with Crippen molar-refractivity contribution in [2.24, 2.45) is 4.99 Å². The fraction of sp³-hybridized carbons (Fsp3) is 0.281. The molecule has 1 aromatic heterocycles. The highest BCUT2D eigenvalue weighted by atomic mass is 15.0. The Kier molecular flexibility index (Phi) is 9.93. The third kappa shape index (κ3) is 7.11. The number of allylic oxidation sites excluding steroid dienone is 6. The molecule has 36 heavy (non-hydrogen) atoms. The van der Waals surface area contributed by atoms with Crippen LogP contribution in [-0.2, 0) is 6.54 Å². The second-order valence-electron chi connectivity index (χ2n) is 8.92. The molecule has 4 nitrogen and oxygen atoms in total. The van der Waals surface area contributed by atoms with Crippen LogP contribution in [0, 0.1) is 13.8 Å². The molecule has 186 valence electrons. The zero-order valence-corrected chi connectivity index (χ0v) is 22.5. The number of nitrogens with zero attached hydrogens (tertiary/aromatic N) is 3. The zero-order chi connectivity index (χ0) is 25.9. The van der Waals surface area contributed by atoms with Gasteiger partial charge in [0.2, 0.25) is 0 Å². The van der Waals surface area contributed by atoms with Gasteiger partial charge in [0.05, 0.1) is 11.4 Å². The maximum atomic E-state index is 4.60. The maximum Gasteiger partial charge on any atom is 0.133 e. The summed E-state index contributed by atoms with van der Waals surface area (Å²) in [5.74, 6) is 0.845. The molecule has 0 saturated heterocycles. The molecule has 0 fully saturated rings. The van der Waals surface area contributed by atoms with Gasteiger partial charge >= 0.3 is 0 Å². The topological polar surface area (TPSA) is 50.2 Å². The molecule has 0 aliphatic heterocycles. The highest BCUT2D eigenvalue weighted by Gasteiger charge is 2.11. The lowest BCUT2D eigenvalue weighted by Crippen LogP contribution is -2.05. The van der Waals surface area contributed by atoms with E-state index < -0.39 is 0 Å². The summed E-state index contributed by atoms with van der Waals surface area (Å²) in [6, 6.07) is 15.0. The van der Waals surface area contributed by atoms with Crippen LogP contribution in [-0.4, -0.2) is 16.2 Å². The standard InChI is InChI=1S/C32H38N4/c1-7-10-23(4)19-28(11-8-2)27-16-13-26(14-17-27)21-34-32-25(6)31(35-22-36-32)29-15-12-24(5)30(20-29)33-18-9-3/h8,10-20,22H,7,9,21H2,1-6H3,(H,34,35,36)/b11-8-,23-10+,28-19+,33-18?. The normalized spacial score (nSPS) is 12.6. The van der Waals surface area contributed by atoms with Gasteiger partial charge in [0, 0.05) is 23.9 Å². The van der Waals surface area contributed by atoms with Crippen LogP contribution in [0.2, 0.25) is 0 Å². The van der Waals surface area contributed by atoms with Crippen LogP contribution in [0.25, 0.3) is 16.8 Å². The molecular weight excluding hydrogens is 440 g/mol. The Bertz CT molecular complexity index is 1280. The molecule has 0 saturated carbocycles. The number of rotatable bonds is 10. The molecule has 0 unspecified atom stereocenters. The van der Waals surface area contributed by atoms with Crippen molar-refractivity contribution >= 4 is 23.3 Å². The summed E-state index contributed by atoms with van der Waals surface area (Å²) in [6.45, 7) is 13.3. The number of benzene rings is 2. The Morgan fingerprint density at radius 2 is 1.78 bits per heavy atom. The van der Waals surface area contributed by atoms with E-state index in [0.717, 1.165) is 46.7 Å². The molecule has 0 atom stereocenters. The van der Waals surface area contributed by atoms with Crippen molar-refractivity contribution in [1.29, 1.82) is 0 Å². The molecular formula is C32H38N4. The minimum absolute atomic E-state index is 0.689. The van der Waals surface area contributed by atoms with Gasteiger partial charge in [0.1, 0.15) is 12.1 Å². The summed E-state index contributed by atoms with van der Waals surface area (Å²) in [7, 11) is 0. The lowest BCUT2D eigenvalue weighted by Gasteiger charge is -2.13. The zero-order valence-electron chi connectivity index (χ0n) is 22.5. The molecule has 1 heterocycles. The van der Waals surface area contributed by atoms with E-state index in [-0.39, 0.29) is 0 Å². The Balaban J connectivity index is 1.78. The predicted octanol–water partition coefficient (Wildman–Crippen LogP) is 8.80. The summed E-state index contributed by atoms with van der Waals surface area (Å²) < 4.78 is 0. The van der Waals surface area contributed by atoms with E-state index in [2.05, 4.69) is 129 Å². The van der Waals surface area contributed by atoms with Crippen molar-refractivity contribution < 1.29 is 0 Å². The SMILES string of the molecule is C\C=C/C(=C\C(C)=C\CC)c1ccc(CNc2ncnc(-c3ccc(C)c(N=CCC)c3)c2C)cc1. The van der Waals surface area contributed by atoms with E-state index in [9.17, 15) is 0 Å². The second kappa shape index (κ2) is 13.3. The molecule has 0 amide bonds.